The maximum absolute atomic E-state index is 6.71. The van der Waals surface area contributed by atoms with Gasteiger partial charge < -0.3 is 9.83 Å². The lowest BCUT2D eigenvalue weighted by molar-refractivity contribution is 1.09. The van der Waals surface area contributed by atoms with Gasteiger partial charge in [0.05, 0.1) is 0 Å². The third-order valence-electron chi connectivity index (χ3n) is 2.03. The van der Waals surface area contributed by atoms with Gasteiger partial charge in [0.15, 0.2) is 0 Å². The molecule has 13 heavy (non-hydrogen) atoms. The number of aromatic nitrogens is 2. The van der Waals surface area contributed by atoms with Crippen molar-refractivity contribution in [3.63, 3.8) is 0 Å². The molecule has 64 valence electrons. The summed E-state index contributed by atoms with van der Waals surface area (Å²) in [7, 11) is 0. The highest BCUT2D eigenvalue weighted by atomic mass is 14.8. The molecular formula is C10H9N3. The normalized spacial score (nSPS) is 10.1. The molecule has 0 unspecified atom stereocenters. The third kappa shape index (κ3) is 1.38. The minimum Gasteiger partial charge on any atom is -0.346 e. The summed E-state index contributed by atoms with van der Waals surface area (Å²) in [4.78, 5) is 10.6. The predicted molar refractivity (Wildman–Crippen MR) is 51.3 cm³/mol. The first kappa shape index (κ1) is 7.81. The summed E-state index contributed by atoms with van der Waals surface area (Å²) in [5.74, 6) is 0. The Bertz CT molecular complexity index is 450. The van der Waals surface area contributed by atoms with E-state index < -0.39 is 0 Å². The lowest BCUT2D eigenvalue weighted by Gasteiger charge is -1.90. The smallest absolute Gasteiger partial charge is 0.218 e. The number of aromatic amines is 1. The number of pyridine rings is 1. The minimum atomic E-state index is 0.543. The van der Waals surface area contributed by atoms with Crippen LogP contribution in [0.3, 0.4) is 0 Å². The molecule has 0 aliphatic heterocycles. The van der Waals surface area contributed by atoms with Gasteiger partial charge >= 0.3 is 0 Å². The monoisotopic (exact) mass is 171 g/mol. The highest BCUT2D eigenvalue weighted by Gasteiger charge is 2.03. The van der Waals surface area contributed by atoms with Gasteiger partial charge in [-0.05, 0) is 17.7 Å². The Balaban J connectivity index is 2.41. The fourth-order valence-corrected chi connectivity index (χ4v) is 1.40. The summed E-state index contributed by atoms with van der Waals surface area (Å²) >= 11 is 0. The largest absolute Gasteiger partial charge is 0.346 e. The van der Waals surface area contributed by atoms with Crippen LogP contribution in [0.25, 0.3) is 15.9 Å². The van der Waals surface area contributed by atoms with E-state index in [1.165, 1.54) is 5.56 Å². The molecule has 2 rings (SSSR count). The van der Waals surface area contributed by atoms with Crippen molar-refractivity contribution in [2.75, 3.05) is 6.54 Å². The number of rotatable bonds is 2. The van der Waals surface area contributed by atoms with Crippen LogP contribution >= 0.6 is 0 Å². The third-order valence-corrected chi connectivity index (χ3v) is 2.03. The summed E-state index contributed by atoms with van der Waals surface area (Å²) in [6.45, 7) is 7.26. The van der Waals surface area contributed by atoms with Crippen molar-refractivity contribution in [1.82, 2.24) is 9.97 Å². The SMILES string of the molecule is [C-]#[N+]CCc1c[nH]c2ncccc12. The number of hydrogen-bond donors (Lipinski definition) is 1. The average molecular weight is 171 g/mol. The van der Waals surface area contributed by atoms with E-state index in [0.717, 1.165) is 17.5 Å². The molecule has 0 saturated carbocycles. The molecule has 0 bridgehead atoms. The second-order valence-corrected chi connectivity index (χ2v) is 2.85. The molecule has 2 aromatic heterocycles. The van der Waals surface area contributed by atoms with Crippen LogP contribution in [0.4, 0.5) is 0 Å². The van der Waals surface area contributed by atoms with Crippen LogP contribution in [0.2, 0.25) is 0 Å². The second kappa shape index (κ2) is 3.28. The summed E-state index contributed by atoms with van der Waals surface area (Å²) in [6, 6.07) is 3.94. The molecule has 0 spiro atoms. The van der Waals surface area contributed by atoms with Crippen molar-refractivity contribution in [2.45, 2.75) is 6.42 Å². The standard InChI is InChI=1S/C10H9N3/c1-11-6-4-8-7-13-10-9(8)3-2-5-12-10/h2-3,5,7H,4,6H2,(H,12,13). The van der Waals surface area contributed by atoms with Crippen LogP contribution in [0.5, 0.6) is 0 Å². The molecule has 0 saturated heterocycles. The maximum Gasteiger partial charge on any atom is 0.218 e. The van der Waals surface area contributed by atoms with Crippen LogP contribution in [-0.2, 0) is 6.42 Å². The van der Waals surface area contributed by atoms with Crippen LogP contribution < -0.4 is 0 Å². The summed E-state index contributed by atoms with van der Waals surface area (Å²) in [5, 5.41) is 1.13. The Kier molecular flexibility index (Phi) is 1.97. The Labute approximate surface area is 76.2 Å². The van der Waals surface area contributed by atoms with Gasteiger partial charge in [-0.15, -0.1) is 0 Å². The number of nitrogens with one attached hydrogen (secondary N) is 1. The molecule has 2 aromatic rings. The maximum atomic E-state index is 6.71. The Morgan fingerprint density at radius 1 is 1.54 bits per heavy atom. The van der Waals surface area contributed by atoms with Crippen LogP contribution in [-0.4, -0.2) is 16.5 Å². The van der Waals surface area contributed by atoms with Gasteiger partial charge in [-0.2, -0.15) is 0 Å². The minimum absolute atomic E-state index is 0.543. The molecule has 2 heterocycles. The van der Waals surface area contributed by atoms with E-state index in [9.17, 15) is 0 Å². The number of H-pyrrole nitrogens is 1. The lowest BCUT2D eigenvalue weighted by atomic mass is 10.1. The molecular weight excluding hydrogens is 162 g/mol. The first-order valence-electron chi connectivity index (χ1n) is 4.16. The van der Waals surface area contributed by atoms with Crippen LogP contribution in [0.15, 0.2) is 24.5 Å². The molecule has 0 radical (unpaired) electrons. The average Bonchev–Trinajstić information content (AvgIpc) is 2.58. The van der Waals surface area contributed by atoms with Crippen LogP contribution in [0, 0.1) is 6.57 Å². The molecule has 0 aromatic carbocycles. The Morgan fingerprint density at radius 2 is 2.46 bits per heavy atom. The van der Waals surface area contributed by atoms with Crippen molar-refractivity contribution in [3.8, 4) is 0 Å². The zero-order chi connectivity index (χ0) is 9.10. The summed E-state index contributed by atoms with van der Waals surface area (Å²) in [6.07, 6.45) is 4.50. The van der Waals surface area contributed by atoms with Crippen molar-refractivity contribution >= 4 is 11.0 Å². The highest BCUT2D eigenvalue weighted by Crippen LogP contribution is 2.15. The van der Waals surface area contributed by atoms with Gasteiger partial charge in [-0.1, -0.05) is 0 Å². The van der Waals surface area contributed by atoms with Crippen molar-refractivity contribution < 1.29 is 0 Å². The number of fused-ring (bicyclic) bond motifs is 1. The predicted octanol–water partition coefficient (Wildman–Crippen LogP) is 2.02. The van der Waals surface area contributed by atoms with Crippen molar-refractivity contribution in [1.29, 1.82) is 0 Å². The molecule has 0 aliphatic rings. The molecule has 3 heteroatoms. The van der Waals surface area contributed by atoms with E-state index >= 15 is 0 Å². The molecule has 0 fully saturated rings. The van der Waals surface area contributed by atoms with Gasteiger partial charge in [0.25, 0.3) is 0 Å². The van der Waals surface area contributed by atoms with Gasteiger partial charge in [0.2, 0.25) is 6.54 Å². The van der Waals surface area contributed by atoms with Gasteiger partial charge in [-0.25, -0.2) is 11.6 Å². The van der Waals surface area contributed by atoms with Crippen molar-refractivity contribution in [2.24, 2.45) is 0 Å². The fourth-order valence-electron chi connectivity index (χ4n) is 1.40. The van der Waals surface area contributed by atoms with Crippen molar-refractivity contribution in [3.05, 3.63) is 41.5 Å². The highest BCUT2D eigenvalue weighted by molar-refractivity contribution is 5.79. The molecule has 0 aliphatic carbocycles. The first-order chi connectivity index (χ1) is 6.42. The summed E-state index contributed by atoms with van der Waals surface area (Å²) < 4.78 is 0. The second-order valence-electron chi connectivity index (χ2n) is 2.85. The van der Waals surface area contributed by atoms with E-state index in [4.69, 9.17) is 6.57 Å². The lowest BCUT2D eigenvalue weighted by Crippen LogP contribution is -1.84. The van der Waals surface area contributed by atoms with E-state index in [2.05, 4.69) is 14.8 Å². The Hall–Kier alpha value is -1.82. The van der Waals surface area contributed by atoms with E-state index in [-0.39, 0.29) is 0 Å². The molecule has 1 N–H and O–H groups in total. The zero-order valence-corrected chi connectivity index (χ0v) is 7.12. The zero-order valence-electron chi connectivity index (χ0n) is 7.12. The molecule has 0 amide bonds. The topological polar surface area (TPSA) is 33.0 Å². The quantitative estimate of drug-likeness (QED) is 0.689. The summed E-state index contributed by atoms with van der Waals surface area (Å²) in [5.41, 5.74) is 2.08. The number of nitrogens with zero attached hydrogens (tertiary/aromatic N) is 2. The van der Waals surface area contributed by atoms with Gasteiger partial charge in [0.1, 0.15) is 5.65 Å². The molecule has 3 nitrogen and oxygen atoms in total. The van der Waals surface area contributed by atoms with E-state index in [1.54, 1.807) is 6.20 Å². The fraction of sp³-hybridized carbons (Fsp3) is 0.200. The van der Waals surface area contributed by atoms with Gasteiger partial charge in [0, 0.05) is 24.2 Å². The first-order valence-corrected chi connectivity index (χ1v) is 4.16. The number of hydrogen-bond acceptors (Lipinski definition) is 1. The van der Waals surface area contributed by atoms with Gasteiger partial charge in [-0.3, -0.25) is 0 Å². The van der Waals surface area contributed by atoms with E-state index in [0.29, 0.717) is 6.54 Å². The van der Waals surface area contributed by atoms with Crippen LogP contribution in [0.1, 0.15) is 5.56 Å². The molecule has 0 atom stereocenters. The Morgan fingerprint density at radius 3 is 3.31 bits per heavy atom. The van der Waals surface area contributed by atoms with E-state index in [1.807, 2.05) is 18.3 Å².